The minimum atomic E-state index is -0.921. The fourth-order valence-corrected chi connectivity index (χ4v) is 4.76. The molecule has 1 aliphatic rings. The average Bonchev–Trinajstić information content (AvgIpc) is 3.45. The Bertz CT molecular complexity index is 1180. The average molecular weight is 509 g/mol. The summed E-state index contributed by atoms with van der Waals surface area (Å²) in [5, 5.41) is 9.30. The predicted molar refractivity (Wildman–Crippen MR) is 140 cm³/mol. The number of H-pyrrole nitrogens is 1. The third-order valence-corrected chi connectivity index (χ3v) is 6.63. The molecule has 0 aliphatic carbocycles. The number of aromatic nitrogens is 2. The summed E-state index contributed by atoms with van der Waals surface area (Å²) in [5.74, 6) is 1.37. The van der Waals surface area contributed by atoms with Crippen LogP contribution in [-0.2, 0) is 22.4 Å². The Kier molecular flexibility index (Phi) is 9.06. The Morgan fingerprint density at radius 2 is 2.11 bits per heavy atom. The van der Waals surface area contributed by atoms with E-state index in [9.17, 15) is 9.90 Å². The van der Waals surface area contributed by atoms with Crippen molar-refractivity contribution in [2.45, 2.75) is 64.6 Å². The highest BCUT2D eigenvalue weighted by molar-refractivity contribution is 5.73. The highest BCUT2D eigenvalue weighted by Crippen LogP contribution is 2.38. The Morgan fingerprint density at radius 3 is 2.81 bits per heavy atom. The molecule has 0 saturated carbocycles. The molecule has 198 valence electrons. The van der Waals surface area contributed by atoms with Crippen LogP contribution in [0.25, 0.3) is 11.3 Å². The van der Waals surface area contributed by atoms with Gasteiger partial charge in [-0.15, -0.1) is 0 Å². The summed E-state index contributed by atoms with van der Waals surface area (Å²) in [7, 11) is 1.68. The van der Waals surface area contributed by atoms with Gasteiger partial charge in [-0.25, -0.2) is 9.78 Å². The summed E-state index contributed by atoms with van der Waals surface area (Å²) in [6.45, 7) is 5.28. The lowest BCUT2D eigenvalue weighted by Crippen LogP contribution is -2.30. The van der Waals surface area contributed by atoms with Gasteiger partial charge in [0.05, 0.1) is 44.6 Å². The molecule has 3 aromatic rings. The Balaban J connectivity index is 1.35. The number of carboxylic acids is 1. The van der Waals surface area contributed by atoms with Gasteiger partial charge in [0.15, 0.2) is 6.10 Å². The van der Waals surface area contributed by atoms with Crippen molar-refractivity contribution in [3.8, 4) is 28.5 Å². The van der Waals surface area contributed by atoms with E-state index in [1.807, 2.05) is 24.3 Å². The number of fused-ring (bicyclic) bond motifs is 1. The number of ether oxygens (including phenoxy) is 4. The molecule has 2 heterocycles. The fourth-order valence-electron chi connectivity index (χ4n) is 4.76. The van der Waals surface area contributed by atoms with Crippen LogP contribution in [0.5, 0.6) is 17.2 Å². The smallest absolute Gasteiger partial charge is 0.344 e. The maximum absolute atomic E-state index is 11.3. The van der Waals surface area contributed by atoms with Gasteiger partial charge in [-0.1, -0.05) is 32.4 Å². The molecule has 37 heavy (non-hydrogen) atoms. The van der Waals surface area contributed by atoms with E-state index in [2.05, 4.69) is 29.9 Å². The number of nitrogens with one attached hydrogen (secondary N) is 1. The molecular weight excluding hydrogens is 472 g/mol. The van der Waals surface area contributed by atoms with Crippen LogP contribution in [0, 0.1) is 0 Å². The van der Waals surface area contributed by atoms with Crippen molar-refractivity contribution in [3.63, 3.8) is 0 Å². The Hall–Kier alpha value is -3.52. The Morgan fingerprint density at radius 1 is 1.24 bits per heavy atom. The first-order chi connectivity index (χ1) is 18.0. The standard InChI is InChI=1S/C29H36N2O6/c1-4-7-22-25(13-11-21(28(22)34-3)23-17-30-18-31-23)36-15-6-14-35-24(5-2)20-9-8-19-10-12-26(29(32)33)37-27(19)16-20/h8-9,11,13,16-18,24,26H,4-7,10,12,14-15H2,1-3H3,(H,30,31)(H,32,33). The van der Waals surface area contributed by atoms with Crippen molar-refractivity contribution in [3.05, 3.63) is 59.5 Å². The molecule has 8 heteroatoms. The van der Waals surface area contributed by atoms with Gasteiger partial charge in [0.25, 0.3) is 0 Å². The van der Waals surface area contributed by atoms with Crippen molar-refractivity contribution in [2.75, 3.05) is 20.3 Å². The van der Waals surface area contributed by atoms with Crippen LogP contribution < -0.4 is 14.2 Å². The van der Waals surface area contributed by atoms with E-state index in [1.54, 1.807) is 19.6 Å². The summed E-state index contributed by atoms with van der Waals surface area (Å²) in [6, 6.07) is 10.00. The molecule has 2 N–H and O–H groups in total. The molecule has 1 aromatic heterocycles. The number of carbonyl (C=O) groups is 1. The van der Waals surface area contributed by atoms with Crippen LogP contribution in [0.15, 0.2) is 42.9 Å². The molecule has 0 bridgehead atoms. The summed E-state index contributed by atoms with van der Waals surface area (Å²) in [5.41, 5.74) is 4.97. The van der Waals surface area contributed by atoms with Gasteiger partial charge < -0.3 is 29.0 Å². The van der Waals surface area contributed by atoms with E-state index < -0.39 is 12.1 Å². The van der Waals surface area contributed by atoms with E-state index in [1.165, 1.54) is 0 Å². The molecule has 0 radical (unpaired) electrons. The zero-order valence-electron chi connectivity index (χ0n) is 21.8. The predicted octanol–water partition coefficient (Wildman–Crippen LogP) is 5.75. The molecule has 0 spiro atoms. The second-order valence-corrected chi connectivity index (χ2v) is 9.16. The Labute approximate surface area is 217 Å². The number of methoxy groups -OCH3 is 1. The van der Waals surface area contributed by atoms with Crippen LogP contribution in [0.2, 0.25) is 0 Å². The zero-order valence-corrected chi connectivity index (χ0v) is 21.8. The molecule has 0 fully saturated rings. The lowest BCUT2D eigenvalue weighted by molar-refractivity contribution is -0.145. The minimum absolute atomic E-state index is 0.0939. The van der Waals surface area contributed by atoms with E-state index in [0.29, 0.717) is 31.8 Å². The van der Waals surface area contributed by atoms with Gasteiger partial charge in [-0.2, -0.15) is 0 Å². The number of aryl methyl sites for hydroxylation is 1. The number of rotatable bonds is 13. The first-order valence-corrected chi connectivity index (χ1v) is 13.0. The monoisotopic (exact) mass is 508 g/mol. The quantitative estimate of drug-likeness (QED) is 0.283. The second-order valence-electron chi connectivity index (χ2n) is 9.16. The van der Waals surface area contributed by atoms with E-state index in [0.717, 1.165) is 65.1 Å². The number of imidazole rings is 1. The molecule has 1 aliphatic heterocycles. The van der Waals surface area contributed by atoms with E-state index in [-0.39, 0.29) is 6.10 Å². The lowest BCUT2D eigenvalue weighted by atomic mass is 9.98. The van der Waals surface area contributed by atoms with Gasteiger partial charge >= 0.3 is 5.97 Å². The minimum Gasteiger partial charge on any atom is -0.496 e. The highest BCUT2D eigenvalue weighted by atomic mass is 16.5. The van der Waals surface area contributed by atoms with Crippen molar-refractivity contribution < 1.29 is 28.8 Å². The zero-order chi connectivity index (χ0) is 26.2. The number of aromatic amines is 1. The van der Waals surface area contributed by atoms with Gasteiger partial charge in [0, 0.05) is 17.5 Å². The SMILES string of the molecule is CCCc1c(OCCCOC(CC)c2ccc3c(c2)OC(C(=O)O)CC3)ccc(-c2cnc[nH]2)c1OC. The molecular formula is C29H36N2O6. The first-order valence-electron chi connectivity index (χ1n) is 13.0. The fraction of sp³-hybridized carbons (Fsp3) is 0.448. The highest BCUT2D eigenvalue weighted by Gasteiger charge is 2.26. The van der Waals surface area contributed by atoms with Gasteiger partial charge in [0.1, 0.15) is 17.2 Å². The largest absolute Gasteiger partial charge is 0.496 e. The molecule has 8 nitrogen and oxygen atoms in total. The third-order valence-electron chi connectivity index (χ3n) is 6.63. The maximum Gasteiger partial charge on any atom is 0.344 e. The van der Waals surface area contributed by atoms with Crippen molar-refractivity contribution in [1.29, 1.82) is 0 Å². The molecule has 0 saturated heterocycles. The van der Waals surface area contributed by atoms with Gasteiger partial charge in [-0.05, 0) is 55.0 Å². The van der Waals surface area contributed by atoms with Crippen LogP contribution >= 0.6 is 0 Å². The van der Waals surface area contributed by atoms with E-state index >= 15 is 0 Å². The molecule has 0 amide bonds. The molecule has 2 aromatic carbocycles. The summed E-state index contributed by atoms with van der Waals surface area (Å²) in [6.07, 6.45) is 7.11. The second kappa shape index (κ2) is 12.6. The first kappa shape index (κ1) is 26.5. The van der Waals surface area contributed by atoms with Crippen molar-refractivity contribution in [1.82, 2.24) is 9.97 Å². The number of hydrogen-bond acceptors (Lipinski definition) is 6. The lowest BCUT2D eigenvalue weighted by Gasteiger charge is -2.25. The molecule has 2 unspecified atom stereocenters. The van der Waals surface area contributed by atoms with E-state index in [4.69, 9.17) is 18.9 Å². The number of hydrogen-bond donors (Lipinski definition) is 2. The molecule has 2 atom stereocenters. The van der Waals surface area contributed by atoms with Crippen molar-refractivity contribution >= 4 is 5.97 Å². The van der Waals surface area contributed by atoms with Crippen LogP contribution in [0.4, 0.5) is 0 Å². The summed E-state index contributed by atoms with van der Waals surface area (Å²) < 4.78 is 23.8. The number of aliphatic carboxylic acids is 1. The molecule has 4 rings (SSSR count). The number of nitrogens with zero attached hydrogens (tertiary/aromatic N) is 1. The van der Waals surface area contributed by atoms with Crippen LogP contribution in [-0.4, -0.2) is 47.5 Å². The van der Waals surface area contributed by atoms with Gasteiger partial charge in [0.2, 0.25) is 0 Å². The van der Waals surface area contributed by atoms with Crippen molar-refractivity contribution in [2.24, 2.45) is 0 Å². The maximum atomic E-state index is 11.3. The number of benzene rings is 2. The van der Waals surface area contributed by atoms with Crippen LogP contribution in [0.1, 0.15) is 62.3 Å². The summed E-state index contributed by atoms with van der Waals surface area (Å²) >= 11 is 0. The topological polar surface area (TPSA) is 103 Å². The van der Waals surface area contributed by atoms with Crippen LogP contribution in [0.3, 0.4) is 0 Å². The van der Waals surface area contributed by atoms with Gasteiger partial charge in [-0.3, -0.25) is 0 Å². The summed E-state index contributed by atoms with van der Waals surface area (Å²) in [4.78, 5) is 18.6. The third kappa shape index (κ3) is 6.25. The number of carboxylic acid groups (broad SMARTS) is 1. The normalized spacial score (nSPS) is 15.5.